The number of benzene rings is 2. The second kappa shape index (κ2) is 7.58. The highest BCUT2D eigenvalue weighted by molar-refractivity contribution is 5.79. The molecule has 0 aliphatic heterocycles. The Bertz CT molecular complexity index is 659. The van der Waals surface area contributed by atoms with Crippen LogP contribution in [0.3, 0.4) is 0 Å². The van der Waals surface area contributed by atoms with E-state index in [1.165, 1.54) is 18.2 Å². The molecule has 0 heterocycles. The smallest absolute Gasteiger partial charge is 0.191 e. The zero-order valence-corrected chi connectivity index (χ0v) is 13.0. The molecule has 4 nitrogen and oxygen atoms in total. The Hall–Kier alpha value is -2.63. The minimum Gasteiger partial charge on any atom is -0.505 e. The van der Waals surface area contributed by atoms with Gasteiger partial charge in [0.2, 0.25) is 0 Å². The molecule has 2 aromatic rings. The van der Waals surface area contributed by atoms with E-state index in [2.05, 4.69) is 15.6 Å². The Balaban J connectivity index is 1.90. The van der Waals surface area contributed by atoms with Crippen molar-refractivity contribution in [1.82, 2.24) is 10.6 Å². The summed E-state index contributed by atoms with van der Waals surface area (Å²) < 4.78 is 26.8. The molecule has 0 aliphatic rings. The van der Waals surface area contributed by atoms with Crippen molar-refractivity contribution >= 4 is 5.96 Å². The molecular weight excluding hydrogens is 300 g/mol. The van der Waals surface area contributed by atoms with Crippen LogP contribution in [-0.4, -0.2) is 18.1 Å². The first-order valence-electron chi connectivity index (χ1n) is 7.16. The maximum atomic E-state index is 13.5. The van der Waals surface area contributed by atoms with Gasteiger partial charge >= 0.3 is 0 Å². The fraction of sp³-hybridized carbons (Fsp3) is 0.235. The Morgan fingerprint density at radius 1 is 1.00 bits per heavy atom. The number of aliphatic imine (C=N–C) groups is 1. The molecule has 0 unspecified atom stereocenters. The summed E-state index contributed by atoms with van der Waals surface area (Å²) >= 11 is 0. The van der Waals surface area contributed by atoms with Gasteiger partial charge in [0.15, 0.2) is 17.5 Å². The molecule has 0 bridgehead atoms. The fourth-order valence-corrected chi connectivity index (χ4v) is 2.00. The van der Waals surface area contributed by atoms with Crippen LogP contribution < -0.4 is 10.6 Å². The molecule has 0 amide bonds. The fourth-order valence-electron chi connectivity index (χ4n) is 2.00. The van der Waals surface area contributed by atoms with Gasteiger partial charge in [-0.3, -0.25) is 4.99 Å². The van der Waals surface area contributed by atoms with Gasteiger partial charge in [-0.25, -0.2) is 8.78 Å². The summed E-state index contributed by atoms with van der Waals surface area (Å²) in [4.78, 5) is 4.06. The number of nitrogens with zero attached hydrogens (tertiary/aromatic N) is 1. The van der Waals surface area contributed by atoms with E-state index in [1.54, 1.807) is 26.1 Å². The average molecular weight is 319 g/mol. The van der Waals surface area contributed by atoms with Crippen LogP contribution in [-0.2, 0) is 13.1 Å². The SMILES string of the molecule is CN=C(NCc1ccc(C)c(F)c1)NCc1ccc(O)c(F)c1. The molecule has 0 atom stereocenters. The molecule has 2 aromatic carbocycles. The summed E-state index contributed by atoms with van der Waals surface area (Å²) in [7, 11) is 1.61. The number of rotatable bonds is 4. The monoisotopic (exact) mass is 319 g/mol. The van der Waals surface area contributed by atoms with Crippen LogP contribution in [0.25, 0.3) is 0 Å². The largest absolute Gasteiger partial charge is 0.505 e. The summed E-state index contributed by atoms with van der Waals surface area (Å²) in [6.45, 7) is 2.48. The highest BCUT2D eigenvalue weighted by Gasteiger charge is 2.04. The highest BCUT2D eigenvalue weighted by Crippen LogP contribution is 2.15. The van der Waals surface area contributed by atoms with Crippen molar-refractivity contribution in [2.75, 3.05) is 7.05 Å². The van der Waals surface area contributed by atoms with E-state index in [0.29, 0.717) is 30.2 Å². The molecule has 0 saturated heterocycles. The maximum Gasteiger partial charge on any atom is 0.191 e. The van der Waals surface area contributed by atoms with Gasteiger partial charge in [-0.1, -0.05) is 18.2 Å². The Kier molecular flexibility index (Phi) is 5.51. The van der Waals surface area contributed by atoms with Gasteiger partial charge in [0.05, 0.1) is 0 Å². The van der Waals surface area contributed by atoms with Crippen LogP contribution in [0, 0.1) is 18.6 Å². The van der Waals surface area contributed by atoms with E-state index in [1.807, 2.05) is 6.07 Å². The van der Waals surface area contributed by atoms with Gasteiger partial charge in [-0.2, -0.15) is 0 Å². The van der Waals surface area contributed by atoms with E-state index in [-0.39, 0.29) is 11.6 Å². The highest BCUT2D eigenvalue weighted by atomic mass is 19.1. The number of phenols is 1. The summed E-state index contributed by atoms with van der Waals surface area (Å²) in [6, 6.07) is 9.22. The molecule has 0 aliphatic carbocycles. The molecule has 23 heavy (non-hydrogen) atoms. The van der Waals surface area contributed by atoms with Crippen LogP contribution in [0.5, 0.6) is 5.75 Å². The lowest BCUT2D eigenvalue weighted by Gasteiger charge is -2.12. The van der Waals surface area contributed by atoms with Crippen molar-refractivity contribution in [3.8, 4) is 5.75 Å². The number of hydrogen-bond donors (Lipinski definition) is 3. The van der Waals surface area contributed by atoms with Gasteiger partial charge in [-0.15, -0.1) is 0 Å². The summed E-state index contributed by atoms with van der Waals surface area (Å²) in [5.74, 6) is -0.772. The van der Waals surface area contributed by atoms with E-state index in [4.69, 9.17) is 5.11 Å². The minimum atomic E-state index is -0.664. The van der Waals surface area contributed by atoms with Crippen molar-refractivity contribution in [2.45, 2.75) is 20.0 Å². The lowest BCUT2D eigenvalue weighted by atomic mass is 10.1. The summed E-state index contributed by atoms with van der Waals surface area (Å²) in [5.41, 5.74) is 2.07. The van der Waals surface area contributed by atoms with Gasteiger partial charge in [-0.05, 0) is 41.8 Å². The van der Waals surface area contributed by atoms with Gasteiger partial charge in [0.25, 0.3) is 0 Å². The first-order valence-corrected chi connectivity index (χ1v) is 7.16. The van der Waals surface area contributed by atoms with Gasteiger partial charge in [0.1, 0.15) is 5.82 Å². The van der Waals surface area contributed by atoms with Crippen molar-refractivity contribution in [1.29, 1.82) is 0 Å². The number of phenolic OH excluding ortho intramolecular Hbond substituents is 1. The molecule has 6 heteroatoms. The van der Waals surface area contributed by atoms with Crippen LogP contribution in [0.15, 0.2) is 41.4 Å². The first kappa shape index (κ1) is 16.7. The predicted octanol–water partition coefficient (Wildman–Crippen LogP) is 2.84. The normalized spacial score (nSPS) is 11.4. The molecule has 2 rings (SSSR count). The van der Waals surface area contributed by atoms with Crippen LogP contribution in [0.2, 0.25) is 0 Å². The quantitative estimate of drug-likeness (QED) is 0.600. The zero-order valence-electron chi connectivity index (χ0n) is 13.0. The molecule has 0 fully saturated rings. The van der Waals surface area contributed by atoms with Gasteiger partial charge < -0.3 is 15.7 Å². The van der Waals surface area contributed by atoms with Gasteiger partial charge in [0, 0.05) is 20.1 Å². The topological polar surface area (TPSA) is 56.7 Å². The summed E-state index contributed by atoms with van der Waals surface area (Å²) in [6.07, 6.45) is 0. The molecular formula is C17H19F2N3O. The Morgan fingerprint density at radius 3 is 2.09 bits per heavy atom. The number of aromatic hydroxyl groups is 1. The van der Waals surface area contributed by atoms with Crippen molar-refractivity contribution in [3.63, 3.8) is 0 Å². The Labute approximate surface area is 133 Å². The molecule has 0 spiro atoms. The van der Waals surface area contributed by atoms with Crippen molar-refractivity contribution < 1.29 is 13.9 Å². The number of hydrogen-bond acceptors (Lipinski definition) is 2. The average Bonchev–Trinajstić information content (AvgIpc) is 2.54. The van der Waals surface area contributed by atoms with Crippen LogP contribution in [0.1, 0.15) is 16.7 Å². The number of nitrogens with one attached hydrogen (secondary N) is 2. The summed E-state index contributed by atoms with van der Waals surface area (Å²) in [5, 5.41) is 15.2. The maximum absolute atomic E-state index is 13.5. The van der Waals surface area contributed by atoms with E-state index < -0.39 is 5.82 Å². The van der Waals surface area contributed by atoms with E-state index in [9.17, 15) is 8.78 Å². The lowest BCUT2D eigenvalue weighted by molar-refractivity contribution is 0.431. The minimum absolute atomic E-state index is 0.244. The molecule has 0 aromatic heterocycles. The third kappa shape index (κ3) is 4.67. The molecule has 3 N–H and O–H groups in total. The lowest BCUT2D eigenvalue weighted by Crippen LogP contribution is -2.36. The van der Waals surface area contributed by atoms with Crippen LogP contribution in [0.4, 0.5) is 8.78 Å². The predicted molar refractivity (Wildman–Crippen MR) is 86.2 cm³/mol. The first-order chi connectivity index (χ1) is 11.0. The third-order valence-corrected chi connectivity index (χ3v) is 3.39. The third-order valence-electron chi connectivity index (χ3n) is 3.39. The van der Waals surface area contributed by atoms with Crippen molar-refractivity contribution in [3.05, 3.63) is 64.7 Å². The number of aryl methyl sites for hydroxylation is 1. The van der Waals surface area contributed by atoms with Crippen molar-refractivity contribution in [2.24, 2.45) is 4.99 Å². The van der Waals surface area contributed by atoms with E-state index in [0.717, 1.165) is 5.56 Å². The Morgan fingerprint density at radius 2 is 1.57 bits per heavy atom. The standard InChI is InChI=1S/C17H19F2N3O/c1-11-3-4-12(7-14(11)18)9-21-17(20-2)22-10-13-5-6-16(23)15(19)8-13/h3-8,23H,9-10H2,1-2H3,(H2,20,21,22). The molecule has 122 valence electrons. The molecule has 0 saturated carbocycles. The number of guanidine groups is 1. The second-order valence-corrected chi connectivity index (χ2v) is 5.15. The van der Waals surface area contributed by atoms with Crippen LogP contribution >= 0.6 is 0 Å². The van der Waals surface area contributed by atoms with E-state index >= 15 is 0 Å². The second-order valence-electron chi connectivity index (χ2n) is 5.15. The zero-order chi connectivity index (χ0) is 16.8. The molecule has 0 radical (unpaired) electrons. The number of halogens is 2.